The Morgan fingerprint density at radius 1 is 1.38 bits per heavy atom. The van der Waals surface area contributed by atoms with Crippen LogP contribution in [0.2, 0.25) is 0 Å². The summed E-state index contributed by atoms with van der Waals surface area (Å²) in [6, 6.07) is 0.0854. The molecule has 122 valence electrons. The fraction of sp³-hybridized carbons (Fsp3) is 0.833. The van der Waals surface area contributed by atoms with Crippen LogP contribution in [0, 0.1) is 5.92 Å². The number of hydrogen-bond donors (Lipinski definition) is 2. The summed E-state index contributed by atoms with van der Waals surface area (Å²) in [4.78, 5) is 25.3. The molecule has 0 saturated carbocycles. The number of nitrogens with zero attached hydrogens (tertiary/aromatic N) is 2. The molecule has 2 amide bonds. The molecule has 8 nitrogen and oxygen atoms in total. The number of rotatable bonds is 7. The second kappa shape index (κ2) is 7.19. The Labute approximate surface area is 126 Å². The molecule has 2 N–H and O–H groups in total. The molecule has 1 aliphatic rings. The lowest BCUT2D eigenvalue weighted by molar-refractivity contribution is -0.129. The van der Waals surface area contributed by atoms with Gasteiger partial charge in [0.2, 0.25) is 11.8 Å². The van der Waals surface area contributed by atoms with E-state index in [9.17, 15) is 18.0 Å². The first kappa shape index (κ1) is 17.9. The van der Waals surface area contributed by atoms with Crippen molar-refractivity contribution < 1.29 is 18.0 Å². The highest BCUT2D eigenvalue weighted by Crippen LogP contribution is 2.19. The van der Waals surface area contributed by atoms with Gasteiger partial charge in [0.1, 0.15) is 0 Å². The largest absolute Gasteiger partial charge is 0.354 e. The Balaban J connectivity index is 2.34. The molecule has 21 heavy (non-hydrogen) atoms. The smallest absolute Gasteiger partial charge is 0.278 e. The lowest BCUT2D eigenvalue weighted by atomic mass is 10.1. The summed E-state index contributed by atoms with van der Waals surface area (Å²) in [5.74, 6) is -0.584. The van der Waals surface area contributed by atoms with Gasteiger partial charge in [0.05, 0.1) is 5.92 Å². The molecule has 1 fully saturated rings. The fourth-order valence-electron chi connectivity index (χ4n) is 2.05. The van der Waals surface area contributed by atoms with Crippen LogP contribution in [0.1, 0.15) is 20.3 Å². The first-order chi connectivity index (χ1) is 9.65. The van der Waals surface area contributed by atoms with Gasteiger partial charge in [-0.15, -0.1) is 0 Å². The van der Waals surface area contributed by atoms with Crippen LogP contribution in [0.25, 0.3) is 0 Å². The van der Waals surface area contributed by atoms with Crippen molar-refractivity contribution in [2.24, 2.45) is 5.92 Å². The molecular weight excluding hydrogens is 296 g/mol. The van der Waals surface area contributed by atoms with E-state index in [1.165, 1.54) is 14.1 Å². The number of amides is 2. The van der Waals surface area contributed by atoms with Gasteiger partial charge in [-0.3, -0.25) is 9.59 Å². The summed E-state index contributed by atoms with van der Waals surface area (Å²) in [6.07, 6.45) is 0.216. The Kier molecular flexibility index (Phi) is 6.11. The molecule has 0 aliphatic carbocycles. The van der Waals surface area contributed by atoms with E-state index in [0.717, 1.165) is 4.31 Å². The molecule has 0 aromatic rings. The molecule has 1 aliphatic heterocycles. The van der Waals surface area contributed by atoms with Gasteiger partial charge in [-0.25, -0.2) is 4.72 Å². The van der Waals surface area contributed by atoms with Crippen LogP contribution in [0.4, 0.5) is 0 Å². The third kappa shape index (κ3) is 4.94. The van der Waals surface area contributed by atoms with Crippen LogP contribution in [0.5, 0.6) is 0 Å². The van der Waals surface area contributed by atoms with Gasteiger partial charge in [0.25, 0.3) is 10.2 Å². The van der Waals surface area contributed by atoms with Gasteiger partial charge in [0.15, 0.2) is 0 Å². The maximum absolute atomic E-state index is 11.9. The van der Waals surface area contributed by atoms with Gasteiger partial charge in [-0.1, -0.05) is 0 Å². The normalized spacial score (nSPS) is 19.6. The molecule has 1 rings (SSSR count). The molecule has 1 atom stereocenters. The second-order valence-electron chi connectivity index (χ2n) is 5.51. The summed E-state index contributed by atoms with van der Waals surface area (Å²) >= 11 is 0. The number of likely N-dealkylation sites (tertiary alicyclic amines) is 1. The lowest BCUT2D eigenvalue weighted by Gasteiger charge is -2.20. The molecular formula is C12H24N4O4S. The van der Waals surface area contributed by atoms with Gasteiger partial charge in [0, 0.05) is 46.2 Å². The summed E-state index contributed by atoms with van der Waals surface area (Å²) < 4.78 is 26.3. The van der Waals surface area contributed by atoms with Crippen molar-refractivity contribution in [2.75, 3.05) is 33.7 Å². The van der Waals surface area contributed by atoms with Gasteiger partial charge in [-0.2, -0.15) is 12.7 Å². The van der Waals surface area contributed by atoms with Crippen molar-refractivity contribution in [2.45, 2.75) is 26.3 Å². The van der Waals surface area contributed by atoms with E-state index >= 15 is 0 Å². The summed E-state index contributed by atoms with van der Waals surface area (Å²) in [5.41, 5.74) is 0. The standard InChI is InChI=1S/C12H24N4O4S/c1-9(2)16-8-10(7-11(16)17)12(18)13-5-6-14-21(19,20)15(3)4/h9-10,14H,5-8H2,1-4H3,(H,13,18). The Morgan fingerprint density at radius 2 is 2.00 bits per heavy atom. The molecule has 0 aromatic carbocycles. The van der Waals surface area contributed by atoms with Gasteiger partial charge >= 0.3 is 0 Å². The van der Waals surface area contributed by atoms with E-state index in [1.807, 2.05) is 13.8 Å². The number of nitrogens with one attached hydrogen (secondary N) is 2. The molecule has 1 saturated heterocycles. The first-order valence-corrected chi connectivity index (χ1v) is 8.33. The zero-order valence-electron chi connectivity index (χ0n) is 12.9. The van der Waals surface area contributed by atoms with Crippen LogP contribution in [-0.2, 0) is 19.8 Å². The quantitative estimate of drug-likeness (QED) is 0.573. The molecule has 1 unspecified atom stereocenters. The Hall–Kier alpha value is -1.19. The third-order valence-corrected chi connectivity index (χ3v) is 4.87. The molecule has 0 spiro atoms. The lowest BCUT2D eigenvalue weighted by Crippen LogP contribution is -2.42. The van der Waals surface area contributed by atoms with E-state index in [1.54, 1.807) is 4.90 Å². The zero-order valence-corrected chi connectivity index (χ0v) is 13.7. The SMILES string of the molecule is CC(C)N1CC(C(=O)NCCNS(=O)(=O)N(C)C)CC1=O. The van der Waals surface area contributed by atoms with Crippen molar-refractivity contribution in [3.05, 3.63) is 0 Å². The van der Waals surface area contributed by atoms with Gasteiger partial charge in [-0.05, 0) is 13.8 Å². The van der Waals surface area contributed by atoms with E-state index < -0.39 is 10.2 Å². The molecule has 0 aromatic heterocycles. The van der Waals surface area contributed by atoms with Gasteiger partial charge < -0.3 is 10.2 Å². The predicted molar refractivity (Wildman–Crippen MR) is 78.6 cm³/mol. The van der Waals surface area contributed by atoms with E-state index in [4.69, 9.17) is 0 Å². The maximum Gasteiger partial charge on any atom is 0.278 e. The number of hydrogen-bond acceptors (Lipinski definition) is 4. The summed E-state index contributed by atoms with van der Waals surface area (Å²) in [5, 5.41) is 2.65. The molecule has 1 heterocycles. The predicted octanol–water partition coefficient (Wildman–Crippen LogP) is -1.24. The number of carbonyl (C=O) groups excluding carboxylic acids is 2. The highest BCUT2D eigenvalue weighted by Gasteiger charge is 2.35. The first-order valence-electron chi connectivity index (χ1n) is 6.89. The van der Waals surface area contributed by atoms with Crippen molar-refractivity contribution in [1.82, 2.24) is 19.2 Å². The van der Waals surface area contributed by atoms with Crippen LogP contribution in [-0.4, -0.2) is 69.2 Å². The summed E-state index contributed by atoms with van der Waals surface area (Å²) in [7, 11) is -0.630. The van der Waals surface area contributed by atoms with Crippen LogP contribution >= 0.6 is 0 Å². The minimum absolute atomic E-state index is 0.0153. The van der Waals surface area contributed by atoms with E-state index in [0.29, 0.717) is 6.54 Å². The number of carbonyl (C=O) groups is 2. The van der Waals surface area contributed by atoms with E-state index in [2.05, 4.69) is 10.0 Å². The van der Waals surface area contributed by atoms with Crippen molar-refractivity contribution in [1.29, 1.82) is 0 Å². The average molecular weight is 320 g/mol. The third-order valence-electron chi connectivity index (χ3n) is 3.34. The highest BCUT2D eigenvalue weighted by atomic mass is 32.2. The summed E-state index contributed by atoms with van der Waals surface area (Å²) in [6.45, 7) is 4.55. The highest BCUT2D eigenvalue weighted by molar-refractivity contribution is 7.87. The van der Waals surface area contributed by atoms with Crippen molar-refractivity contribution in [3.63, 3.8) is 0 Å². The molecule has 0 bridgehead atoms. The maximum atomic E-state index is 11.9. The van der Waals surface area contributed by atoms with Crippen molar-refractivity contribution >= 4 is 22.0 Å². The monoisotopic (exact) mass is 320 g/mol. The molecule has 0 radical (unpaired) electrons. The fourth-order valence-corrected chi connectivity index (χ4v) is 2.66. The van der Waals surface area contributed by atoms with Crippen molar-refractivity contribution in [3.8, 4) is 0 Å². The minimum atomic E-state index is -3.47. The average Bonchev–Trinajstić information content (AvgIpc) is 2.76. The van der Waals surface area contributed by atoms with E-state index in [-0.39, 0.29) is 43.3 Å². The van der Waals surface area contributed by atoms with Crippen LogP contribution in [0.3, 0.4) is 0 Å². The zero-order chi connectivity index (χ0) is 16.2. The Bertz CT molecular complexity index is 489. The van der Waals surface area contributed by atoms with Crippen LogP contribution < -0.4 is 10.0 Å². The molecule has 9 heteroatoms. The van der Waals surface area contributed by atoms with Crippen LogP contribution in [0.15, 0.2) is 0 Å². The second-order valence-corrected chi connectivity index (χ2v) is 7.48. The Morgan fingerprint density at radius 3 is 2.48 bits per heavy atom. The topological polar surface area (TPSA) is 98.8 Å². The minimum Gasteiger partial charge on any atom is -0.354 e.